The lowest BCUT2D eigenvalue weighted by Crippen LogP contribution is -2.01. The molecule has 19 heavy (non-hydrogen) atoms. The number of phenols is 1. The molecule has 0 saturated heterocycles. The molecule has 1 aromatic heterocycles. The van der Waals surface area contributed by atoms with Crippen LogP contribution in [0.3, 0.4) is 0 Å². The van der Waals surface area contributed by atoms with Crippen LogP contribution in [0.1, 0.15) is 12.5 Å². The Balaban J connectivity index is 2.09. The monoisotopic (exact) mass is 278 g/mol. The van der Waals surface area contributed by atoms with E-state index < -0.39 is 0 Å². The Morgan fingerprint density at radius 3 is 2.95 bits per heavy atom. The van der Waals surface area contributed by atoms with Crippen LogP contribution in [0.5, 0.6) is 11.5 Å². The molecule has 1 heterocycles. The van der Waals surface area contributed by atoms with Crippen molar-refractivity contribution in [3.05, 3.63) is 47.2 Å². The number of aromatic nitrogens is 1. The third-order valence-corrected chi connectivity index (χ3v) is 2.80. The molecule has 0 unspecified atom stereocenters. The molecular weight excluding hydrogens is 264 g/mol. The lowest BCUT2D eigenvalue weighted by molar-refractivity contribution is 0.317. The van der Waals surface area contributed by atoms with Crippen LogP contribution in [0.4, 0.5) is 5.69 Å². The molecule has 0 atom stereocenters. The number of hydrogen-bond acceptors (Lipinski definition) is 4. The second-order valence-corrected chi connectivity index (χ2v) is 4.30. The Labute approximate surface area is 117 Å². The minimum Gasteiger partial charge on any atom is -0.504 e. The molecule has 2 N–H and O–H groups in total. The minimum atomic E-state index is 0.164. The van der Waals surface area contributed by atoms with Gasteiger partial charge in [-0.1, -0.05) is 23.7 Å². The first-order valence-corrected chi connectivity index (χ1v) is 6.37. The van der Waals surface area contributed by atoms with E-state index in [1.165, 1.54) is 0 Å². The van der Waals surface area contributed by atoms with Crippen LogP contribution in [0, 0.1) is 0 Å². The Bertz CT molecular complexity index is 561. The summed E-state index contributed by atoms with van der Waals surface area (Å²) in [6, 6.07) is 8.97. The summed E-state index contributed by atoms with van der Waals surface area (Å²) < 4.78 is 5.34. The molecule has 0 aliphatic carbocycles. The van der Waals surface area contributed by atoms with Crippen molar-refractivity contribution in [2.75, 3.05) is 11.9 Å². The van der Waals surface area contributed by atoms with E-state index in [1.807, 2.05) is 25.1 Å². The predicted octanol–water partition coefficient (Wildman–Crippen LogP) is 3.45. The first-order chi connectivity index (χ1) is 9.20. The SMILES string of the molecule is CCOc1cccc(CNc2ccnc(Cl)c2)c1O. The number of para-hydroxylation sites is 1. The van der Waals surface area contributed by atoms with Crippen molar-refractivity contribution in [1.29, 1.82) is 0 Å². The fourth-order valence-corrected chi connectivity index (χ4v) is 1.87. The number of pyridine rings is 1. The zero-order valence-electron chi connectivity index (χ0n) is 10.6. The molecular formula is C14H15ClN2O2. The Morgan fingerprint density at radius 1 is 1.37 bits per heavy atom. The predicted molar refractivity (Wildman–Crippen MR) is 75.8 cm³/mol. The number of nitrogens with one attached hydrogen (secondary N) is 1. The number of ether oxygens (including phenoxy) is 1. The second-order valence-electron chi connectivity index (χ2n) is 3.92. The van der Waals surface area contributed by atoms with E-state index >= 15 is 0 Å². The highest BCUT2D eigenvalue weighted by Crippen LogP contribution is 2.30. The standard InChI is InChI=1S/C14H15ClN2O2/c1-2-19-12-5-3-4-10(14(12)18)9-17-11-6-7-16-13(15)8-11/h3-8,18H,2,9H2,1H3,(H,16,17). The van der Waals surface area contributed by atoms with Crippen molar-refractivity contribution in [1.82, 2.24) is 4.98 Å². The highest BCUT2D eigenvalue weighted by Gasteiger charge is 2.07. The topological polar surface area (TPSA) is 54.4 Å². The van der Waals surface area contributed by atoms with E-state index in [0.29, 0.717) is 24.1 Å². The van der Waals surface area contributed by atoms with Gasteiger partial charge < -0.3 is 15.2 Å². The van der Waals surface area contributed by atoms with Crippen molar-refractivity contribution < 1.29 is 9.84 Å². The van der Waals surface area contributed by atoms with Crippen molar-refractivity contribution in [2.45, 2.75) is 13.5 Å². The summed E-state index contributed by atoms with van der Waals surface area (Å²) in [6.07, 6.45) is 1.63. The quantitative estimate of drug-likeness (QED) is 0.823. The summed E-state index contributed by atoms with van der Waals surface area (Å²) >= 11 is 5.80. The van der Waals surface area contributed by atoms with Crippen molar-refractivity contribution in [3.8, 4) is 11.5 Å². The molecule has 0 fully saturated rings. The molecule has 0 saturated carbocycles. The third kappa shape index (κ3) is 3.51. The zero-order valence-corrected chi connectivity index (χ0v) is 11.3. The molecule has 1 aromatic carbocycles. The number of rotatable bonds is 5. The van der Waals surface area contributed by atoms with Crippen LogP contribution < -0.4 is 10.1 Å². The molecule has 2 rings (SSSR count). The average Bonchev–Trinajstić information content (AvgIpc) is 2.40. The van der Waals surface area contributed by atoms with Gasteiger partial charge in [0.2, 0.25) is 0 Å². The third-order valence-electron chi connectivity index (χ3n) is 2.59. The zero-order chi connectivity index (χ0) is 13.7. The molecule has 0 amide bonds. The number of phenolic OH excluding ortho intramolecular Hbond substituents is 1. The van der Waals surface area contributed by atoms with E-state index in [0.717, 1.165) is 11.3 Å². The summed E-state index contributed by atoms with van der Waals surface area (Å²) in [5.41, 5.74) is 1.61. The molecule has 0 aliphatic heterocycles. The van der Waals surface area contributed by atoms with Gasteiger partial charge in [-0.05, 0) is 25.1 Å². The number of halogens is 1. The molecule has 2 aromatic rings. The number of anilines is 1. The first-order valence-electron chi connectivity index (χ1n) is 5.99. The largest absolute Gasteiger partial charge is 0.504 e. The summed E-state index contributed by atoms with van der Waals surface area (Å²) in [7, 11) is 0. The summed E-state index contributed by atoms with van der Waals surface area (Å²) in [4.78, 5) is 3.91. The highest BCUT2D eigenvalue weighted by molar-refractivity contribution is 6.29. The molecule has 0 radical (unpaired) electrons. The van der Waals surface area contributed by atoms with Gasteiger partial charge in [0.15, 0.2) is 11.5 Å². The van der Waals surface area contributed by atoms with Crippen LogP contribution in [0.25, 0.3) is 0 Å². The highest BCUT2D eigenvalue weighted by atomic mass is 35.5. The van der Waals surface area contributed by atoms with Crippen LogP contribution >= 0.6 is 11.6 Å². The van der Waals surface area contributed by atoms with Crippen molar-refractivity contribution >= 4 is 17.3 Å². The molecule has 100 valence electrons. The second kappa shape index (κ2) is 6.29. The molecule has 0 aliphatic rings. The Kier molecular flexibility index (Phi) is 4.47. The molecule has 5 heteroatoms. The van der Waals surface area contributed by atoms with Crippen LogP contribution in [0.15, 0.2) is 36.5 Å². The van der Waals surface area contributed by atoms with E-state index in [4.69, 9.17) is 16.3 Å². The van der Waals surface area contributed by atoms with Gasteiger partial charge in [0.25, 0.3) is 0 Å². The summed E-state index contributed by atoms with van der Waals surface area (Å²) in [5, 5.41) is 13.6. The van der Waals surface area contributed by atoms with Gasteiger partial charge in [-0.2, -0.15) is 0 Å². The summed E-state index contributed by atoms with van der Waals surface area (Å²) in [6.45, 7) is 2.88. The Morgan fingerprint density at radius 2 is 2.21 bits per heavy atom. The van der Waals surface area contributed by atoms with Gasteiger partial charge >= 0.3 is 0 Å². The lowest BCUT2D eigenvalue weighted by atomic mass is 10.2. The van der Waals surface area contributed by atoms with Crippen LogP contribution in [-0.2, 0) is 6.54 Å². The van der Waals surface area contributed by atoms with Crippen molar-refractivity contribution in [2.24, 2.45) is 0 Å². The number of aromatic hydroxyl groups is 1. The maximum atomic E-state index is 10.0. The number of nitrogens with zero attached hydrogens (tertiary/aromatic N) is 1. The van der Waals surface area contributed by atoms with Crippen molar-refractivity contribution in [3.63, 3.8) is 0 Å². The maximum Gasteiger partial charge on any atom is 0.162 e. The normalized spacial score (nSPS) is 10.2. The van der Waals surface area contributed by atoms with Gasteiger partial charge in [0.1, 0.15) is 5.15 Å². The number of hydrogen-bond donors (Lipinski definition) is 2. The fourth-order valence-electron chi connectivity index (χ4n) is 1.69. The van der Waals surface area contributed by atoms with Gasteiger partial charge in [-0.25, -0.2) is 4.98 Å². The molecule has 0 spiro atoms. The van der Waals surface area contributed by atoms with E-state index in [1.54, 1.807) is 18.3 Å². The molecule has 0 bridgehead atoms. The van der Waals surface area contributed by atoms with Gasteiger partial charge in [0.05, 0.1) is 6.61 Å². The smallest absolute Gasteiger partial charge is 0.162 e. The van der Waals surface area contributed by atoms with Crippen LogP contribution in [0.2, 0.25) is 5.15 Å². The van der Waals surface area contributed by atoms with Crippen LogP contribution in [-0.4, -0.2) is 16.7 Å². The minimum absolute atomic E-state index is 0.164. The number of benzene rings is 1. The van der Waals surface area contributed by atoms with E-state index in [-0.39, 0.29) is 5.75 Å². The first kappa shape index (κ1) is 13.5. The lowest BCUT2D eigenvalue weighted by Gasteiger charge is -2.11. The van der Waals surface area contributed by atoms with Gasteiger partial charge in [-0.15, -0.1) is 0 Å². The van der Waals surface area contributed by atoms with E-state index in [9.17, 15) is 5.11 Å². The maximum absolute atomic E-state index is 10.0. The van der Waals surface area contributed by atoms with Gasteiger partial charge in [0, 0.05) is 24.0 Å². The van der Waals surface area contributed by atoms with E-state index in [2.05, 4.69) is 10.3 Å². The molecule has 4 nitrogen and oxygen atoms in total. The Hall–Kier alpha value is -1.94. The fraction of sp³-hybridized carbons (Fsp3) is 0.214. The average molecular weight is 279 g/mol. The van der Waals surface area contributed by atoms with Gasteiger partial charge in [-0.3, -0.25) is 0 Å². The summed E-state index contributed by atoms with van der Waals surface area (Å²) in [5.74, 6) is 0.659.